The smallest absolute Gasteiger partial charge is 0.123 e. The van der Waals surface area contributed by atoms with Crippen LogP contribution in [-0.2, 0) is 13.0 Å². The SMILES string of the molecule is Nc1cccc(C[C@H]2CN(Cc3ccccc3)C[C@@H]2NCCCO)n1. The van der Waals surface area contributed by atoms with Crippen LogP contribution in [-0.4, -0.2) is 47.3 Å². The molecular formula is C20H28N4O. The Morgan fingerprint density at radius 2 is 1.96 bits per heavy atom. The standard InChI is InChI=1S/C20H28N4O/c21-20-9-4-8-18(23-20)12-17-14-24(13-16-6-2-1-3-7-16)15-19(17)22-10-5-11-25/h1-4,6-9,17,19,22,25H,5,10-15H2,(H2,21,23)/t17-,19-/m0/s1. The van der Waals surface area contributed by atoms with Gasteiger partial charge in [-0.1, -0.05) is 36.4 Å². The van der Waals surface area contributed by atoms with Gasteiger partial charge >= 0.3 is 0 Å². The Labute approximate surface area is 149 Å². The van der Waals surface area contributed by atoms with E-state index in [1.165, 1.54) is 5.56 Å². The molecule has 2 aromatic rings. The number of aliphatic hydroxyl groups is 1. The number of aromatic nitrogens is 1. The van der Waals surface area contributed by atoms with Crippen molar-refractivity contribution in [3.8, 4) is 0 Å². The number of anilines is 1. The number of hydrogen-bond donors (Lipinski definition) is 3. The van der Waals surface area contributed by atoms with Crippen molar-refractivity contribution in [3.63, 3.8) is 0 Å². The van der Waals surface area contributed by atoms with Gasteiger partial charge in [0.05, 0.1) is 0 Å². The lowest BCUT2D eigenvalue weighted by Gasteiger charge is -2.19. The zero-order valence-electron chi connectivity index (χ0n) is 14.6. The molecule has 0 amide bonds. The highest BCUT2D eigenvalue weighted by molar-refractivity contribution is 5.29. The van der Waals surface area contributed by atoms with Crippen molar-refractivity contribution in [1.29, 1.82) is 0 Å². The van der Waals surface area contributed by atoms with Crippen LogP contribution in [0.4, 0.5) is 5.82 Å². The van der Waals surface area contributed by atoms with Gasteiger partial charge in [-0.25, -0.2) is 4.98 Å². The van der Waals surface area contributed by atoms with Crippen molar-refractivity contribution in [3.05, 3.63) is 59.8 Å². The normalized spacial score (nSPS) is 20.8. The molecule has 1 saturated heterocycles. The van der Waals surface area contributed by atoms with Gasteiger partial charge in [-0.2, -0.15) is 0 Å². The van der Waals surface area contributed by atoms with Crippen molar-refractivity contribution in [2.45, 2.75) is 25.4 Å². The molecule has 4 N–H and O–H groups in total. The van der Waals surface area contributed by atoms with Crippen LogP contribution >= 0.6 is 0 Å². The molecule has 2 heterocycles. The molecule has 5 heteroatoms. The van der Waals surface area contributed by atoms with E-state index in [9.17, 15) is 0 Å². The number of pyridine rings is 1. The van der Waals surface area contributed by atoms with Crippen LogP contribution in [0.15, 0.2) is 48.5 Å². The first kappa shape index (κ1) is 17.9. The van der Waals surface area contributed by atoms with Crippen LogP contribution in [0.2, 0.25) is 0 Å². The Hall–Kier alpha value is -1.95. The van der Waals surface area contributed by atoms with E-state index in [2.05, 4.69) is 51.6 Å². The van der Waals surface area contributed by atoms with Crippen molar-refractivity contribution in [1.82, 2.24) is 15.2 Å². The summed E-state index contributed by atoms with van der Waals surface area (Å²) in [4.78, 5) is 6.97. The third-order valence-electron chi connectivity index (χ3n) is 4.81. The summed E-state index contributed by atoms with van der Waals surface area (Å²) in [6, 6.07) is 16.9. The first-order chi connectivity index (χ1) is 12.2. The third-order valence-corrected chi connectivity index (χ3v) is 4.81. The quantitative estimate of drug-likeness (QED) is 0.638. The summed E-state index contributed by atoms with van der Waals surface area (Å²) in [6.45, 7) is 4.12. The van der Waals surface area contributed by atoms with Gasteiger partial charge < -0.3 is 16.2 Å². The molecule has 1 aliphatic rings. The molecular weight excluding hydrogens is 312 g/mol. The van der Waals surface area contributed by atoms with Gasteiger partial charge in [0.2, 0.25) is 0 Å². The van der Waals surface area contributed by atoms with Gasteiger partial charge in [-0.05, 0) is 43.0 Å². The molecule has 0 spiro atoms. The zero-order valence-corrected chi connectivity index (χ0v) is 14.6. The van der Waals surface area contributed by atoms with E-state index in [4.69, 9.17) is 10.8 Å². The second-order valence-corrected chi connectivity index (χ2v) is 6.84. The monoisotopic (exact) mass is 340 g/mol. The Morgan fingerprint density at radius 1 is 1.12 bits per heavy atom. The van der Waals surface area contributed by atoms with E-state index < -0.39 is 0 Å². The van der Waals surface area contributed by atoms with Crippen LogP contribution in [0.1, 0.15) is 17.7 Å². The highest BCUT2D eigenvalue weighted by Gasteiger charge is 2.32. The lowest BCUT2D eigenvalue weighted by atomic mass is 9.97. The number of nitrogens with two attached hydrogens (primary N) is 1. The Balaban J connectivity index is 1.64. The maximum absolute atomic E-state index is 9.04. The molecule has 0 aliphatic carbocycles. The van der Waals surface area contributed by atoms with E-state index in [-0.39, 0.29) is 6.61 Å². The Bertz CT molecular complexity index is 649. The zero-order chi connectivity index (χ0) is 17.5. The highest BCUT2D eigenvalue weighted by Crippen LogP contribution is 2.23. The van der Waals surface area contributed by atoms with Crippen LogP contribution in [0, 0.1) is 5.92 Å². The molecule has 1 fully saturated rings. The van der Waals surface area contributed by atoms with Gasteiger partial charge in [-0.3, -0.25) is 4.90 Å². The summed E-state index contributed by atoms with van der Waals surface area (Å²) < 4.78 is 0. The lowest BCUT2D eigenvalue weighted by Crippen LogP contribution is -2.38. The molecule has 1 aliphatic heterocycles. The average molecular weight is 340 g/mol. The number of rotatable bonds is 8. The van der Waals surface area contributed by atoms with Crippen molar-refractivity contribution >= 4 is 5.82 Å². The minimum Gasteiger partial charge on any atom is -0.396 e. The summed E-state index contributed by atoms with van der Waals surface area (Å²) in [5.74, 6) is 1.08. The van der Waals surface area contributed by atoms with Crippen LogP contribution in [0.3, 0.4) is 0 Å². The van der Waals surface area contributed by atoms with E-state index in [1.807, 2.05) is 12.1 Å². The van der Waals surface area contributed by atoms with Gasteiger partial charge in [0.25, 0.3) is 0 Å². The maximum atomic E-state index is 9.04. The molecule has 5 nitrogen and oxygen atoms in total. The third kappa shape index (κ3) is 5.26. The van der Waals surface area contributed by atoms with E-state index in [0.717, 1.165) is 44.7 Å². The van der Waals surface area contributed by atoms with E-state index >= 15 is 0 Å². The molecule has 25 heavy (non-hydrogen) atoms. The summed E-state index contributed by atoms with van der Waals surface area (Å²) in [5, 5.41) is 12.7. The fraction of sp³-hybridized carbons (Fsp3) is 0.450. The van der Waals surface area contributed by atoms with Gasteiger partial charge in [0.1, 0.15) is 5.82 Å². The summed E-state index contributed by atoms with van der Waals surface area (Å²) in [7, 11) is 0. The molecule has 0 unspecified atom stereocenters. The predicted octanol–water partition coefficient (Wildman–Crippen LogP) is 1.68. The minimum atomic E-state index is 0.231. The number of nitrogens with zero attached hydrogens (tertiary/aromatic N) is 2. The molecule has 2 atom stereocenters. The van der Waals surface area contributed by atoms with Gasteiger partial charge in [0, 0.05) is 38.0 Å². The molecule has 0 radical (unpaired) electrons. The second-order valence-electron chi connectivity index (χ2n) is 6.84. The van der Waals surface area contributed by atoms with Gasteiger partial charge in [-0.15, -0.1) is 0 Å². The van der Waals surface area contributed by atoms with Crippen LogP contribution < -0.4 is 11.1 Å². The number of aliphatic hydroxyl groups excluding tert-OH is 1. The summed E-state index contributed by atoms with van der Waals surface area (Å²) in [6.07, 6.45) is 1.71. The highest BCUT2D eigenvalue weighted by atomic mass is 16.3. The predicted molar refractivity (Wildman–Crippen MR) is 101 cm³/mol. The number of likely N-dealkylation sites (tertiary alicyclic amines) is 1. The molecule has 1 aromatic heterocycles. The van der Waals surface area contributed by atoms with Crippen molar-refractivity contribution in [2.75, 3.05) is 32.0 Å². The summed E-state index contributed by atoms with van der Waals surface area (Å²) >= 11 is 0. The first-order valence-corrected chi connectivity index (χ1v) is 9.06. The molecule has 0 bridgehead atoms. The topological polar surface area (TPSA) is 74.4 Å². The van der Waals surface area contributed by atoms with Crippen molar-refractivity contribution < 1.29 is 5.11 Å². The fourth-order valence-electron chi connectivity index (χ4n) is 3.62. The van der Waals surface area contributed by atoms with Gasteiger partial charge in [0.15, 0.2) is 0 Å². The molecule has 0 saturated carbocycles. The lowest BCUT2D eigenvalue weighted by molar-refractivity contribution is 0.279. The second kappa shape index (κ2) is 8.94. The molecule has 1 aromatic carbocycles. The van der Waals surface area contributed by atoms with E-state index in [0.29, 0.717) is 17.8 Å². The largest absolute Gasteiger partial charge is 0.396 e. The number of benzene rings is 1. The summed E-state index contributed by atoms with van der Waals surface area (Å²) in [5.41, 5.74) is 8.23. The molecule has 134 valence electrons. The van der Waals surface area contributed by atoms with E-state index in [1.54, 1.807) is 0 Å². The first-order valence-electron chi connectivity index (χ1n) is 9.06. The van der Waals surface area contributed by atoms with Crippen LogP contribution in [0.25, 0.3) is 0 Å². The van der Waals surface area contributed by atoms with Crippen molar-refractivity contribution in [2.24, 2.45) is 5.92 Å². The number of nitrogens with one attached hydrogen (secondary N) is 1. The number of nitrogen functional groups attached to an aromatic ring is 1. The van der Waals surface area contributed by atoms with Crippen LogP contribution in [0.5, 0.6) is 0 Å². The minimum absolute atomic E-state index is 0.231. The Morgan fingerprint density at radius 3 is 2.72 bits per heavy atom. The fourth-order valence-corrected chi connectivity index (χ4v) is 3.62. The average Bonchev–Trinajstić information content (AvgIpc) is 2.97. The maximum Gasteiger partial charge on any atom is 0.123 e. The Kier molecular flexibility index (Phi) is 6.39. The molecule has 3 rings (SSSR count). The number of hydrogen-bond acceptors (Lipinski definition) is 5.